The Hall–Kier alpha value is 0.519. The van der Waals surface area contributed by atoms with E-state index in [1.165, 1.54) is 6.42 Å². The standard InChI is InChI=1S/C12H20Se/c1-2-5-11(6-3-1)9-12(10-11)7-4-8-13-12/h1-10H2. The van der Waals surface area contributed by atoms with Gasteiger partial charge in [0, 0.05) is 0 Å². The number of hydrogen-bond acceptors (Lipinski definition) is 0. The Morgan fingerprint density at radius 1 is 0.769 bits per heavy atom. The van der Waals surface area contributed by atoms with Gasteiger partial charge in [0.15, 0.2) is 0 Å². The monoisotopic (exact) mass is 244 g/mol. The molecule has 1 saturated heterocycles. The molecular weight excluding hydrogens is 223 g/mol. The van der Waals surface area contributed by atoms with Crippen LogP contribution in [0.2, 0.25) is 9.63 Å². The molecule has 2 aliphatic carbocycles. The average molecular weight is 243 g/mol. The third kappa shape index (κ3) is 1.39. The molecule has 0 aromatic heterocycles. The molecule has 0 N–H and O–H groups in total. The molecule has 3 fully saturated rings. The third-order valence-corrected chi connectivity index (χ3v) is 7.85. The van der Waals surface area contributed by atoms with Crippen LogP contribution in [0, 0.1) is 5.41 Å². The Morgan fingerprint density at radius 2 is 1.54 bits per heavy atom. The second-order valence-electron chi connectivity index (χ2n) is 5.55. The molecule has 74 valence electrons. The van der Waals surface area contributed by atoms with Crippen LogP contribution in [0.15, 0.2) is 0 Å². The molecule has 3 aliphatic rings. The van der Waals surface area contributed by atoms with E-state index in [-0.39, 0.29) is 0 Å². The van der Waals surface area contributed by atoms with Gasteiger partial charge in [0.05, 0.1) is 0 Å². The molecule has 13 heavy (non-hydrogen) atoms. The molecule has 0 amide bonds. The Labute approximate surface area is 88.0 Å². The first-order chi connectivity index (χ1) is 6.33. The molecule has 0 aromatic carbocycles. The molecule has 1 heterocycles. The molecule has 3 rings (SSSR count). The van der Waals surface area contributed by atoms with Gasteiger partial charge in [-0.25, -0.2) is 0 Å². The molecular formula is C12H20Se. The summed E-state index contributed by atoms with van der Waals surface area (Å²) in [5, 5.41) is 1.60. The van der Waals surface area contributed by atoms with Crippen molar-refractivity contribution in [3.8, 4) is 0 Å². The van der Waals surface area contributed by atoms with Crippen LogP contribution in [-0.2, 0) is 0 Å². The molecule has 2 spiro atoms. The fraction of sp³-hybridized carbons (Fsp3) is 1.00. The summed E-state index contributed by atoms with van der Waals surface area (Å²) in [6.07, 6.45) is 14.3. The Balaban J connectivity index is 1.65. The Kier molecular flexibility index (Phi) is 2.03. The van der Waals surface area contributed by atoms with Crippen molar-refractivity contribution in [1.82, 2.24) is 0 Å². The summed E-state index contributed by atoms with van der Waals surface area (Å²) in [4.78, 5) is 0. The minimum absolute atomic E-state index is 0.893. The second kappa shape index (κ2) is 3.00. The maximum absolute atomic E-state index is 1.65. The first-order valence-electron chi connectivity index (χ1n) is 5.97. The van der Waals surface area contributed by atoms with Gasteiger partial charge in [-0.1, -0.05) is 0 Å². The van der Waals surface area contributed by atoms with Crippen LogP contribution in [0.3, 0.4) is 0 Å². The molecule has 0 nitrogen and oxygen atoms in total. The van der Waals surface area contributed by atoms with Crippen LogP contribution in [0.5, 0.6) is 0 Å². The van der Waals surface area contributed by atoms with E-state index in [1.807, 2.05) is 0 Å². The normalized spacial score (nSPS) is 35.1. The summed E-state index contributed by atoms with van der Waals surface area (Å²) < 4.78 is 0.949. The van der Waals surface area contributed by atoms with Crippen LogP contribution < -0.4 is 0 Å². The molecule has 2 saturated carbocycles. The zero-order valence-corrected chi connectivity index (χ0v) is 10.2. The third-order valence-electron chi connectivity index (χ3n) is 4.49. The van der Waals surface area contributed by atoms with Crippen molar-refractivity contribution in [2.24, 2.45) is 5.41 Å². The minimum atomic E-state index is 0.893. The SMILES string of the molecule is C1CCC2(CC1)CC1(CCC[Se]1)C2. The fourth-order valence-electron chi connectivity index (χ4n) is 4.00. The predicted octanol–water partition coefficient (Wildman–Crippen LogP) is 3.81. The maximum atomic E-state index is 1.65. The molecule has 0 radical (unpaired) electrons. The van der Waals surface area contributed by atoms with Crippen molar-refractivity contribution >= 4 is 15.0 Å². The van der Waals surface area contributed by atoms with Gasteiger partial charge in [-0.3, -0.25) is 0 Å². The van der Waals surface area contributed by atoms with Crippen LogP contribution in [-0.4, -0.2) is 15.0 Å². The molecule has 0 atom stereocenters. The van der Waals surface area contributed by atoms with E-state index in [2.05, 4.69) is 0 Å². The quantitative estimate of drug-likeness (QED) is 0.567. The zero-order valence-electron chi connectivity index (χ0n) is 8.48. The van der Waals surface area contributed by atoms with Crippen LogP contribution >= 0.6 is 0 Å². The van der Waals surface area contributed by atoms with Gasteiger partial charge in [0.25, 0.3) is 0 Å². The van der Waals surface area contributed by atoms with E-state index < -0.39 is 0 Å². The molecule has 1 heteroatoms. The van der Waals surface area contributed by atoms with Crippen molar-refractivity contribution < 1.29 is 0 Å². The zero-order chi connectivity index (χ0) is 8.78. The summed E-state index contributed by atoms with van der Waals surface area (Å²) >= 11 is 1.04. The van der Waals surface area contributed by atoms with E-state index in [0.717, 1.165) is 24.7 Å². The van der Waals surface area contributed by atoms with E-state index >= 15 is 0 Å². The van der Waals surface area contributed by atoms with Gasteiger partial charge >= 0.3 is 87.8 Å². The van der Waals surface area contributed by atoms with E-state index in [0.29, 0.717) is 0 Å². The molecule has 0 unspecified atom stereocenters. The van der Waals surface area contributed by atoms with E-state index in [1.54, 1.807) is 56.7 Å². The molecule has 0 bridgehead atoms. The van der Waals surface area contributed by atoms with Gasteiger partial charge in [0.1, 0.15) is 0 Å². The summed E-state index contributed by atoms with van der Waals surface area (Å²) in [5.41, 5.74) is 0.893. The van der Waals surface area contributed by atoms with Crippen molar-refractivity contribution in [1.29, 1.82) is 0 Å². The second-order valence-corrected chi connectivity index (χ2v) is 8.83. The summed E-state index contributed by atoms with van der Waals surface area (Å²) in [7, 11) is 0. The summed E-state index contributed by atoms with van der Waals surface area (Å²) in [6.45, 7) is 0. The van der Waals surface area contributed by atoms with Gasteiger partial charge in [0.2, 0.25) is 0 Å². The average Bonchev–Trinajstić information content (AvgIpc) is 2.54. The Morgan fingerprint density at radius 3 is 2.15 bits per heavy atom. The number of hydrogen-bond donors (Lipinski definition) is 0. The van der Waals surface area contributed by atoms with Gasteiger partial charge in [-0.15, -0.1) is 0 Å². The van der Waals surface area contributed by atoms with Gasteiger partial charge in [-0.2, -0.15) is 0 Å². The van der Waals surface area contributed by atoms with E-state index in [9.17, 15) is 0 Å². The van der Waals surface area contributed by atoms with Gasteiger partial charge in [-0.05, 0) is 0 Å². The van der Waals surface area contributed by atoms with Gasteiger partial charge < -0.3 is 0 Å². The molecule has 0 aromatic rings. The summed E-state index contributed by atoms with van der Waals surface area (Å²) in [5.74, 6) is 0. The van der Waals surface area contributed by atoms with E-state index in [4.69, 9.17) is 0 Å². The summed E-state index contributed by atoms with van der Waals surface area (Å²) in [6, 6.07) is 0. The first-order valence-corrected chi connectivity index (χ1v) is 8.04. The van der Waals surface area contributed by atoms with Crippen LogP contribution in [0.4, 0.5) is 0 Å². The molecule has 1 aliphatic heterocycles. The first kappa shape index (κ1) is 8.80. The number of rotatable bonds is 0. The van der Waals surface area contributed by atoms with Crippen molar-refractivity contribution in [2.75, 3.05) is 0 Å². The van der Waals surface area contributed by atoms with Crippen molar-refractivity contribution in [3.05, 3.63) is 0 Å². The van der Waals surface area contributed by atoms with Crippen LogP contribution in [0.1, 0.15) is 57.8 Å². The predicted molar refractivity (Wildman–Crippen MR) is 57.2 cm³/mol. The van der Waals surface area contributed by atoms with Crippen molar-refractivity contribution in [3.63, 3.8) is 0 Å². The van der Waals surface area contributed by atoms with Crippen molar-refractivity contribution in [2.45, 2.75) is 67.4 Å². The Bertz CT molecular complexity index is 187. The topological polar surface area (TPSA) is 0 Å². The fourth-order valence-corrected chi connectivity index (χ4v) is 7.84. The van der Waals surface area contributed by atoms with Crippen LogP contribution in [0.25, 0.3) is 0 Å².